The van der Waals surface area contributed by atoms with Crippen LogP contribution in [0.5, 0.6) is 0 Å². The number of hydrogen-bond donors (Lipinski definition) is 2. The van der Waals surface area contributed by atoms with Crippen LogP contribution in [0.1, 0.15) is 46.3 Å². The molecule has 0 saturated heterocycles. The van der Waals surface area contributed by atoms with E-state index in [1.54, 1.807) is 12.3 Å². The number of hydrogen-bond acceptors (Lipinski definition) is 4. The number of imidazole rings is 1. The van der Waals surface area contributed by atoms with Gasteiger partial charge in [0.25, 0.3) is 5.91 Å². The first-order valence-corrected chi connectivity index (χ1v) is 7.76. The highest BCUT2D eigenvalue weighted by Crippen LogP contribution is 2.29. The van der Waals surface area contributed by atoms with Crippen molar-refractivity contribution in [3.05, 3.63) is 41.1 Å². The molecule has 0 aliphatic heterocycles. The zero-order chi connectivity index (χ0) is 16.0. The molecule has 1 unspecified atom stereocenters. The molecule has 3 aromatic heterocycles. The molecule has 1 atom stereocenters. The Morgan fingerprint density at radius 1 is 1.48 bits per heavy atom. The van der Waals surface area contributed by atoms with E-state index in [0.717, 1.165) is 36.3 Å². The molecule has 23 heavy (non-hydrogen) atoms. The maximum atomic E-state index is 12.7. The van der Waals surface area contributed by atoms with Gasteiger partial charge in [0.2, 0.25) is 0 Å². The van der Waals surface area contributed by atoms with Crippen LogP contribution >= 0.6 is 0 Å². The Bertz CT molecular complexity index is 893. The largest absolute Gasteiger partial charge is 0.345 e. The van der Waals surface area contributed by atoms with Gasteiger partial charge in [0.15, 0.2) is 5.65 Å². The molecule has 118 valence electrons. The quantitative estimate of drug-likeness (QED) is 0.755. The van der Waals surface area contributed by atoms with Crippen LogP contribution in [0.3, 0.4) is 0 Å². The Morgan fingerprint density at radius 3 is 3.22 bits per heavy atom. The summed E-state index contributed by atoms with van der Waals surface area (Å²) in [6, 6.07) is 1.73. The van der Waals surface area contributed by atoms with Gasteiger partial charge in [0.05, 0.1) is 22.8 Å². The molecule has 4 rings (SSSR count). The normalized spacial score (nSPS) is 17.2. The second-order valence-electron chi connectivity index (χ2n) is 6.00. The number of aryl methyl sites for hydroxylation is 3. The van der Waals surface area contributed by atoms with Crippen LogP contribution in [0.2, 0.25) is 0 Å². The minimum atomic E-state index is -0.109. The molecule has 0 bridgehead atoms. The summed E-state index contributed by atoms with van der Waals surface area (Å²) in [5.74, 6) is 0.641. The highest BCUT2D eigenvalue weighted by Gasteiger charge is 2.25. The smallest absolute Gasteiger partial charge is 0.254 e. The molecule has 0 saturated carbocycles. The van der Waals surface area contributed by atoms with Crippen LogP contribution in [-0.4, -0.2) is 30.6 Å². The van der Waals surface area contributed by atoms with E-state index in [1.807, 2.05) is 24.9 Å². The number of nitrogens with zero attached hydrogens (tertiary/aromatic N) is 4. The molecule has 3 aromatic rings. The first-order chi connectivity index (χ1) is 11.1. The van der Waals surface area contributed by atoms with Crippen molar-refractivity contribution in [3.8, 4) is 0 Å². The molecule has 0 fully saturated rings. The number of aromatic amines is 1. The van der Waals surface area contributed by atoms with E-state index in [-0.39, 0.29) is 11.9 Å². The molecule has 1 amide bonds. The lowest BCUT2D eigenvalue weighted by atomic mass is 9.93. The van der Waals surface area contributed by atoms with Gasteiger partial charge >= 0.3 is 0 Å². The van der Waals surface area contributed by atoms with Crippen LogP contribution in [0.4, 0.5) is 0 Å². The van der Waals surface area contributed by atoms with E-state index in [1.165, 1.54) is 0 Å². The number of aromatic nitrogens is 5. The van der Waals surface area contributed by atoms with E-state index in [4.69, 9.17) is 0 Å². The predicted octanol–water partition coefficient (Wildman–Crippen LogP) is 1.81. The predicted molar refractivity (Wildman–Crippen MR) is 85.0 cm³/mol. The first-order valence-electron chi connectivity index (χ1n) is 7.76. The Morgan fingerprint density at radius 2 is 2.35 bits per heavy atom. The molecule has 0 spiro atoms. The van der Waals surface area contributed by atoms with Gasteiger partial charge in [-0.25, -0.2) is 9.97 Å². The van der Waals surface area contributed by atoms with Gasteiger partial charge in [0.1, 0.15) is 5.82 Å². The van der Waals surface area contributed by atoms with Crippen molar-refractivity contribution in [1.29, 1.82) is 0 Å². The van der Waals surface area contributed by atoms with E-state index in [0.29, 0.717) is 16.7 Å². The highest BCUT2D eigenvalue weighted by atomic mass is 16.1. The van der Waals surface area contributed by atoms with Crippen LogP contribution in [0, 0.1) is 6.92 Å². The number of H-pyrrole nitrogens is 1. The number of fused-ring (bicyclic) bond motifs is 2. The van der Waals surface area contributed by atoms with Gasteiger partial charge in [0, 0.05) is 25.0 Å². The molecule has 1 aliphatic carbocycles. The van der Waals surface area contributed by atoms with E-state index < -0.39 is 0 Å². The lowest BCUT2D eigenvalue weighted by Gasteiger charge is -2.22. The maximum absolute atomic E-state index is 12.7. The third-order valence-corrected chi connectivity index (χ3v) is 4.28. The number of nitrogens with one attached hydrogen (secondary N) is 2. The van der Waals surface area contributed by atoms with Gasteiger partial charge < -0.3 is 10.3 Å². The Kier molecular flexibility index (Phi) is 3.14. The Hall–Kier alpha value is -2.70. The van der Waals surface area contributed by atoms with Gasteiger partial charge in [-0.15, -0.1) is 0 Å². The zero-order valence-electron chi connectivity index (χ0n) is 13.1. The number of carbonyl (C=O) groups is 1. The number of rotatable bonds is 2. The third kappa shape index (κ3) is 2.38. The molecular weight excluding hydrogens is 292 g/mol. The van der Waals surface area contributed by atoms with E-state index in [2.05, 4.69) is 25.4 Å². The van der Waals surface area contributed by atoms with Crippen molar-refractivity contribution in [2.75, 3.05) is 0 Å². The Labute approximate surface area is 133 Å². The molecule has 3 heterocycles. The highest BCUT2D eigenvalue weighted by molar-refractivity contribution is 6.04. The van der Waals surface area contributed by atoms with Crippen LogP contribution in [-0.2, 0) is 13.5 Å². The maximum Gasteiger partial charge on any atom is 0.254 e. The first kappa shape index (κ1) is 13.9. The molecule has 7 nitrogen and oxygen atoms in total. The molecule has 2 N–H and O–H groups in total. The molecule has 1 aliphatic rings. The topological polar surface area (TPSA) is 88.5 Å². The second kappa shape index (κ2) is 5.19. The van der Waals surface area contributed by atoms with Crippen LogP contribution < -0.4 is 5.32 Å². The SMILES string of the molecule is Cc1nc2nccc(C(=O)NC3CCCc4nn(C)cc43)c2[nH]1. The van der Waals surface area contributed by atoms with Crippen molar-refractivity contribution < 1.29 is 4.79 Å². The second-order valence-corrected chi connectivity index (χ2v) is 6.00. The summed E-state index contributed by atoms with van der Waals surface area (Å²) in [7, 11) is 1.91. The average molecular weight is 310 g/mol. The summed E-state index contributed by atoms with van der Waals surface area (Å²) < 4.78 is 1.82. The fourth-order valence-electron chi connectivity index (χ4n) is 3.27. The van der Waals surface area contributed by atoms with Gasteiger partial charge in [-0.05, 0) is 32.3 Å². The van der Waals surface area contributed by atoms with E-state index >= 15 is 0 Å². The standard InChI is InChI=1S/C16H18N6O/c1-9-18-14-10(6-7-17-15(14)19-9)16(23)20-12-4-3-5-13-11(12)8-22(2)21-13/h6-8,12H,3-5H2,1-2H3,(H,20,23)(H,17,18,19). The van der Waals surface area contributed by atoms with Crippen molar-refractivity contribution in [1.82, 2.24) is 30.0 Å². The fraction of sp³-hybridized carbons (Fsp3) is 0.375. The van der Waals surface area contributed by atoms with Gasteiger partial charge in [-0.3, -0.25) is 9.48 Å². The summed E-state index contributed by atoms with van der Waals surface area (Å²) in [5, 5.41) is 7.61. The van der Waals surface area contributed by atoms with Crippen LogP contribution in [0.15, 0.2) is 18.5 Å². The summed E-state index contributed by atoms with van der Waals surface area (Å²) in [4.78, 5) is 24.3. The third-order valence-electron chi connectivity index (χ3n) is 4.28. The van der Waals surface area contributed by atoms with Gasteiger partial charge in [-0.2, -0.15) is 5.10 Å². The number of carbonyl (C=O) groups excluding carboxylic acids is 1. The summed E-state index contributed by atoms with van der Waals surface area (Å²) in [6.07, 6.45) is 6.56. The van der Waals surface area contributed by atoms with Crippen molar-refractivity contribution in [2.45, 2.75) is 32.2 Å². The van der Waals surface area contributed by atoms with Crippen molar-refractivity contribution >= 4 is 17.1 Å². The van der Waals surface area contributed by atoms with Crippen LogP contribution in [0.25, 0.3) is 11.2 Å². The van der Waals surface area contributed by atoms with Crippen molar-refractivity contribution in [3.63, 3.8) is 0 Å². The summed E-state index contributed by atoms with van der Waals surface area (Å²) in [5.41, 5.74) is 4.04. The lowest BCUT2D eigenvalue weighted by molar-refractivity contribution is 0.0934. The number of pyridine rings is 1. The minimum absolute atomic E-state index is 0.00665. The summed E-state index contributed by atoms with van der Waals surface area (Å²) >= 11 is 0. The van der Waals surface area contributed by atoms with E-state index in [9.17, 15) is 4.79 Å². The fourth-order valence-corrected chi connectivity index (χ4v) is 3.27. The molecule has 0 aromatic carbocycles. The average Bonchev–Trinajstić information content (AvgIpc) is 3.08. The monoisotopic (exact) mass is 310 g/mol. The zero-order valence-corrected chi connectivity index (χ0v) is 13.1. The summed E-state index contributed by atoms with van der Waals surface area (Å²) in [6.45, 7) is 1.85. The van der Waals surface area contributed by atoms with Crippen molar-refractivity contribution in [2.24, 2.45) is 7.05 Å². The molecular formula is C16H18N6O. The number of amides is 1. The Balaban J connectivity index is 1.65. The van der Waals surface area contributed by atoms with Gasteiger partial charge in [-0.1, -0.05) is 0 Å². The molecule has 0 radical (unpaired) electrons. The minimum Gasteiger partial charge on any atom is -0.345 e. The lowest BCUT2D eigenvalue weighted by Crippen LogP contribution is -2.30. The molecule has 7 heteroatoms.